The number of allylic oxidation sites excluding steroid dienone is 3. The van der Waals surface area contributed by atoms with Crippen LogP contribution in [0.2, 0.25) is 0 Å². The number of hydrogen-bond acceptors (Lipinski definition) is 0. The van der Waals surface area contributed by atoms with Crippen LogP contribution < -0.4 is 0 Å². The van der Waals surface area contributed by atoms with Crippen LogP contribution in [-0.2, 0) is 0 Å². The van der Waals surface area contributed by atoms with Gasteiger partial charge in [-0.1, -0.05) is 24.1 Å². The minimum Gasteiger partial charge on any atom is -0.0982 e. The smallest absolute Gasteiger partial charge is 0.00213 e. The van der Waals surface area contributed by atoms with Gasteiger partial charge in [-0.2, -0.15) is 0 Å². The standard InChI is InChI=1S/C9H10/c1-3-9-6-4-8(2)5-7-9/h3H,1,4,6H2,2H3. The maximum Gasteiger partial charge on any atom is 0.00213 e. The molecule has 0 N–H and O–H groups in total. The molecule has 0 saturated carbocycles. The molecule has 0 bridgehead atoms. The third-order valence-electron chi connectivity index (χ3n) is 1.45. The fourth-order valence-corrected chi connectivity index (χ4v) is 0.787. The Kier molecular flexibility index (Phi) is 1.75. The molecule has 0 nitrogen and oxygen atoms in total. The molecule has 0 saturated heterocycles. The molecular formula is C9H10. The van der Waals surface area contributed by atoms with E-state index in [0.29, 0.717) is 0 Å². The molecule has 0 aromatic rings. The Hall–Kier alpha value is -0.960. The van der Waals surface area contributed by atoms with Gasteiger partial charge in [0.05, 0.1) is 0 Å². The highest BCUT2D eigenvalue weighted by Crippen LogP contribution is 2.13. The summed E-state index contributed by atoms with van der Waals surface area (Å²) in [6, 6.07) is 0. The summed E-state index contributed by atoms with van der Waals surface area (Å²) in [5, 5.41) is 0. The first kappa shape index (κ1) is 6.16. The Morgan fingerprint density at radius 2 is 2.22 bits per heavy atom. The Morgan fingerprint density at radius 1 is 1.44 bits per heavy atom. The van der Waals surface area contributed by atoms with Gasteiger partial charge in [0.15, 0.2) is 0 Å². The maximum atomic E-state index is 3.66. The zero-order valence-corrected chi connectivity index (χ0v) is 5.70. The fraction of sp³-hybridized carbons (Fsp3) is 0.333. The van der Waals surface area contributed by atoms with Gasteiger partial charge >= 0.3 is 0 Å². The highest BCUT2D eigenvalue weighted by atomic mass is 14.0. The SMILES string of the molecule is C=CC1=C=C=C(C)CC1. The lowest BCUT2D eigenvalue weighted by atomic mass is 10.0. The van der Waals surface area contributed by atoms with Crippen LogP contribution in [-0.4, -0.2) is 0 Å². The van der Waals surface area contributed by atoms with E-state index >= 15 is 0 Å². The topological polar surface area (TPSA) is 0 Å². The predicted molar refractivity (Wildman–Crippen MR) is 39.2 cm³/mol. The van der Waals surface area contributed by atoms with Crippen LogP contribution in [0.3, 0.4) is 0 Å². The molecule has 46 valence electrons. The molecule has 0 amide bonds. The molecule has 0 spiro atoms. The first-order chi connectivity index (χ1) is 4.33. The fourth-order valence-electron chi connectivity index (χ4n) is 0.787. The molecule has 0 radical (unpaired) electrons. The first-order valence-corrected chi connectivity index (χ1v) is 3.15. The summed E-state index contributed by atoms with van der Waals surface area (Å²) in [7, 11) is 0. The van der Waals surface area contributed by atoms with E-state index in [1.165, 1.54) is 11.1 Å². The summed E-state index contributed by atoms with van der Waals surface area (Å²) in [4.78, 5) is 0. The van der Waals surface area contributed by atoms with Gasteiger partial charge < -0.3 is 0 Å². The Morgan fingerprint density at radius 3 is 2.67 bits per heavy atom. The minimum absolute atomic E-state index is 1.09. The van der Waals surface area contributed by atoms with E-state index in [9.17, 15) is 0 Å². The van der Waals surface area contributed by atoms with Crippen molar-refractivity contribution in [3.63, 3.8) is 0 Å². The molecule has 0 unspecified atom stereocenters. The predicted octanol–water partition coefficient (Wildman–Crippen LogP) is 2.59. The summed E-state index contributed by atoms with van der Waals surface area (Å²) in [5.41, 5.74) is 8.54. The molecule has 0 aromatic carbocycles. The molecular weight excluding hydrogens is 108 g/mol. The van der Waals surface area contributed by atoms with E-state index in [4.69, 9.17) is 0 Å². The van der Waals surface area contributed by atoms with Crippen LogP contribution in [0.15, 0.2) is 35.3 Å². The van der Waals surface area contributed by atoms with Crippen molar-refractivity contribution in [2.45, 2.75) is 19.8 Å². The molecule has 9 heavy (non-hydrogen) atoms. The largest absolute Gasteiger partial charge is 0.0982 e. The molecule has 1 aliphatic carbocycles. The molecule has 0 heterocycles. The van der Waals surface area contributed by atoms with Gasteiger partial charge in [0.1, 0.15) is 0 Å². The van der Waals surface area contributed by atoms with Crippen molar-refractivity contribution in [3.8, 4) is 0 Å². The van der Waals surface area contributed by atoms with Crippen molar-refractivity contribution in [2.24, 2.45) is 0 Å². The van der Waals surface area contributed by atoms with E-state index in [0.717, 1.165) is 12.8 Å². The third-order valence-corrected chi connectivity index (χ3v) is 1.45. The quantitative estimate of drug-likeness (QED) is 0.464. The number of hydrogen-bond donors (Lipinski definition) is 0. The maximum absolute atomic E-state index is 3.66. The molecule has 0 heteroatoms. The average Bonchev–Trinajstić information content (AvgIpc) is 1.90. The molecule has 1 aliphatic rings. The second-order valence-electron chi connectivity index (χ2n) is 2.26. The van der Waals surface area contributed by atoms with Crippen molar-refractivity contribution in [2.75, 3.05) is 0 Å². The summed E-state index contributed by atoms with van der Waals surface area (Å²) in [6.45, 7) is 5.74. The van der Waals surface area contributed by atoms with Crippen LogP contribution in [0.5, 0.6) is 0 Å². The van der Waals surface area contributed by atoms with Gasteiger partial charge in [0.2, 0.25) is 0 Å². The van der Waals surface area contributed by atoms with E-state index in [1.54, 1.807) is 0 Å². The minimum atomic E-state index is 1.09. The summed E-state index contributed by atoms with van der Waals surface area (Å²) >= 11 is 0. The molecule has 1 rings (SSSR count). The van der Waals surface area contributed by atoms with Gasteiger partial charge in [-0.25, -0.2) is 0 Å². The highest BCUT2D eigenvalue weighted by Gasteiger charge is 1.95. The lowest BCUT2D eigenvalue weighted by Crippen LogP contribution is -1.82. The zero-order valence-electron chi connectivity index (χ0n) is 5.70. The van der Waals surface area contributed by atoms with Crippen molar-refractivity contribution in [1.29, 1.82) is 0 Å². The summed E-state index contributed by atoms with van der Waals surface area (Å²) in [6.07, 6.45) is 4.05. The van der Waals surface area contributed by atoms with Crippen LogP contribution in [0.25, 0.3) is 0 Å². The second-order valence-corrected chi connectivity index (χ2v) is 2.26. The van der Waals surface area contributed by atoms with Crippen LogP contribution >= 0.6 is 0 Å². The van der Waals surface area contributed by atoms with Gasteiger partial charge in [-0.15, -0.1) is 0 Å². The van der Waals surface area contributed by atoms with E-state index in [-0.39, 0.29) is 0 Å². The Labute approximate surface area is 55.9 Å². The second kappa shape index (κ2) is 2.55. The monoisotopic (exact) mass is 118 g/mol. The van der Waals surface area contributed by atoms with Crippen molar-refractivity contribution < 1.29 is 0 Å². The summed E-state index contributed by atoms with van der Waals surface area (Å²) in [5.74, 6) is 0. The molecule has 0 aromatic heterocycles. The molecule has 0 aliphatic heterocycles. The lowest BCUT2D eigenvalue weighted by molar-refractivity contribution is 0.939. The van der Waals surface area contributed by atoms with Gasteiger partial charge in [-0.05, 0) is 25.3 Å². The van der Waals surface area contributed by atoms with Crippen LogP contribution in [0.4, 0.5) is 0 Å². The van der Waals surface area contributed by atoms with Crippen molar-refractivity contribution >= 4 is 0 Å². The molecule has 0 atom stereocenters. The van der Waals surface area contributed by atoms with Crippen molar-refractivity contribution in [1.82, 2.24) is 0 Å². The van der Waals surface area contributed by atoms with Crippen LogP contribution in [0.1, 0.15) is 19.8 Å². The Bertz CT molecular complexity index is 218. The Balaban J connectivity index is 3.03. The third kappa shape index (κ3) is 1.47. The lowest BCUT2D eigenvalue weighted by Gasteiger charge is -2.00. The van der Waals surface area contributed by atoms with E-state index in [2.05, 4.69) is 25.0 Å². The van der Waals surface area contributed by atoms with Gasteiger partial charge in [-0.3, -0.25) is 0 Å². The zero-order chi connectivity index (χ0) is 6.69. The van der Waals surface area contributed by atoms with E-state index < -0.39 is 0 Å². The van der Waals surface area contributed by atoms with Crippen LogP contribution in [0, 0.1) is 0 Å². The highest BCUT2D eigenvalue weighted by molar-refractivity contribution is 5.21. The normalized spacial score (nSPS) is 16.6. The average molecular weight is 118 g/mol. The van der Waals surface area contributed by atoms with Gasteiger partial charge in [0.25, 0.3) is 0 Å². The van der Waals surface area contributed by atoms with Gasteiger partial charge in [0, 0.05) is 5.57 Å². The van der Waals surface area contributed by atoms with E-state index in [1.807, 2.05) is 6.08 Å². The molecule has 0 fully saturated rings. The summed E-state index contributed by atoms with van der Waals surface area (Å²) < 4.78 is 0. The van der Waals surface area contributed by atoms with Crippen molar-refractivity contribution in [3.05, 3.63) is 35.3 Å². The number of rotatable bonds is 1. The first-order valence-electron chi connectivity index (χ1n) is 3.15.